The molecule has 0 aliphatic heterocycles. The fraction of sp³-hybridized carbons (Fsp3) is 0.158. The summed E-state index contributed by atoms with van der Waals surface area (Å²) >= 11 is 0. The van der Waals surface area contributed by atoms with Crippen molar-refractivity contribution in [3.05, 3.63) is 75.6 Å². The number of fused-ring (bicyclic) bond motifs is 1. The Hall–Kier alpha value is -3.08. The van der Waals surface area contributed by atoms with Crippen molar-refractivity contribution >= 4 is 16.9 Å². The molecule has 1 heterocycles. The summed E-state index contributed by atoms with van der Waals surface area (Å²) in [7, 11) is 1.22. The van der Waals surface area contributed by atoms with Crippen LogP contribution in [-0.4, -0.2) is 13.1 Å². The predicted octanol–water partition coefficient (Wildman–Crippen LogP) is 3.47. The van der Waals surface area contributed by atoms with Crippen molar-refractivity contribution in [1.82, 2.24) is 0 Å². The fourth-order valence-corrected chi connectivity index (χ4v) is 2.28. The van der Waals surface area contributed by atoms with E-state index >= 15 is 0 Å². The average molecular weight is 324 g/mol. The minimum atomic E-state index is -0.731. The molecule has 5 heteroatoms. The fourth-order valence-electron chi connectivity index (χ4n) is 2.28. The molecule has 0 bridgehead atoms. The summed E-state index contributed by atoms with van der Waals surface area (Å²) in [6.45, 7) is 2.44. The molecule has 122 valence electrons. The largest absolute Gasteiger partial charge is 0.489 e. The van der Waals surface area contributed by atoms with Gasteiger partial charge in [-0.1, -0.05) is 29.8 Å². The number of rotatable bonds is 4. The van der Waals surface area contributed by atoms with E-state index in [0.29, 0.717) is 23.3 Å². The highest BCUT2D eigenvalue weighted by atomic mass is 16.5. The van der Waals surface area contributed by atoms with Gasteiger partial charge in [0.2, 0.25) is 0 Å². The Bertz CT molecular complexity index is 938. The van der Waals surface area contributed by atoms with Crippen LogP contribution < -0.4 is 10.4 Å². The van der Waals surface area contributed by atoms with E-state index in [4.69, 9.17) is 9.15 Å². The van der Waals surface area contributed by atoms with Gasteiger partial charge < -0.3 is 13.9 Å². The maximum Gasteiger partial charge on any atom is 0.351 e. The maximum atomic E-state index is 11.8. The molecule has 0 unspecified atom stereocenters. The number of carbonyl (C=O) groups is 1. The lowest BCUT2D eigenvalue weighted by atomic mass is 10.1. The van der Waals surface area contributed by atoms with E-state index < -0.39 is 11.6 Å². The topological polar surface area (TPSA) is 65.7 Å². The number of methoxy groups -OCH3 is 1. The van der Waals surface area contributed by atoms with Crippen LogP contribution in [0.15, 0.2) is 57.7 Å². The molecule has 3 aromatic rings. The molecule has 0 aliphatic rings. The van der Waals surface area contributed by atoms with Crippen molar-refractivity contribution in [2.45, 2.75) is 13.5 Å². The standard InChI is InChI=1S/C19H16O5/c1-12-3-5-13(6-4-12)11-23-15-8-7-14-9-16(18(20)22-2)19(21)24-17(14)10-15/h3-10H,11H2,1-2H3. The predicted molar refractivity (Wildman–Crippen MR) is 89.3 cm³/mol. The van der Waals surface area contributed by atoms with Gasteiger partial charge >= 0.3 is 11.6 Å². The Kier molecular flexibility index (Phi) is 4.33. The number of aryl methyl sites for hydroxylation is 1. The van der Waals surface area contributed by atoms with Gasteiger partial charge in [-0.15, -0.1) is 0 Å². The maximum absolute atomic E-state index is 11.8. The Morgan fingerprint density at radius 3 is 2.54 bits per heavy atom. The third-order valence-electron chi connectivity index (χ3n) is 3.64. The SMILES string of the molecule is COC(=O)c1cc2ccc(OCc3ccc(C)cc3)cc2oc1=O. The van der Waals surface area contributed by atoms with Gasteiger partial charge in [-0.05, 0) is 30.7 Å². The molecule has 5 nitrogen and oxygen atoms in total. The monoisotopic (exact) mass is 324 g/mol. The first kappa shape index (κ1) is 15.8. The van der Waals surface area contributed by atoms with Gasteiger partial charge in [0.1, 0.15) is 23.5 Å². The number of carbonyl (C=O) groups excluding carboxylic acids is 1. The molecular weight excluding hydrogens is 308 g/mol. The van der Waals surface area contributed by atoms with Gasteiger partial charge in [0, 0.05) is 11.5 Å². The zero-order valence-corrected chi connectivity index (χ0v) is 13.4. The van der Waals surface area contributed by atoms with Gasteiger partial charge in [-0.2, -0.15) is 0 Å². The van der Waals surface area contributed by atoms with E-state index in [-0.39, 0.29) is 5.56 Å². The first-order valence-corrected chi connectivity index (χ1v) is 7.41. The molecule has 0 saturated heterocycles. The lowest BCUT2D eigenvalue weighted by Gasteiger charge is -2.07. The first-order valence-electron chi connectivity index (χ1n) is 7.41. The van der Waals surface area contributed by atoms with E-state index in [1.807, 2.05) is 31.2 Å². The van der Waals surface area contributed by atoms with Gasteiger partial charge in [0.25, 0.3) is 0 Å². The molecule has 0 radical (unpaired) electrons. The molecule has 0 aliphatic carbocycles. The van der Waals surface area contributed by atoms with E-state index in [9.17, 15) is 9.59 Å². The van der Waals surface area contributed by atoms with Crippen molar-refractivity contribution in [3.63, 3.8) is 0 Å². The normalized spacial score (nSPS) is 10.6. The molecule has 0 saturated carbocycles. The van der Waals surface area contributed by atoms with Crippen LogP contribution in [0.2, 0.25) is 0 Å². The Labute approximate surface area is 138 Å². The second-order valence-electron chi connectivity index (χ2n) is 5.41. The highest BCUT2D eigenvalue weighted by Gasteiger charge is 2.14. The molecule has 0 fully saturated rings. The van der Waals surface area contributed by atoms with Crippen LogP contribution in [0.4, 0.5) is 0 Å². The van der Waals surface area contributed by atoms with Crippen molar-refractivity contribution in [2.75, 3.05) is 7.11 Å². The lowest BCUT2D eigenvalue weighted by molar-refractivity contribution is 0.0596. The van der Waals surface area contributed by atoms with Crippen molar-refractivity contribution in [3.8, 4) is 5.75 Å². The van der Waals surface area contributed by atoms with E-state index in [0.717, 1.165) is 5.56 Å². The lowest BCUT2D eigenvalue weighted by Crippen LogP contribution is -2.14. The van der Waals surface area contributed by atoms with Crippen LogP contribution in [0, 0.1) is 6.92 Å². The molecule has 2 aromatic carbocycles. The summed E-state index contributed by atoms with van der Waals surface area (Å²) in [6.07, 6.45) is 0. The number of hydrogen-bond donors (Lipinski definition) is 0. The van der Waals surface area contributed by atoms with Gasteiger partial charge in [0.15, 0.2) is 0 Å². The molecule has 1 aromatic heterocycles. The van der Waals surface area contributed by atoms with Crippen LogP contribution in [0.5, 0.6) is 5.75 Å². The van der Waals surface area contributed by atoms with Crippen molar-refractivity contribution in [1.29, 1.82) is 0 Å². The number of ether oxygens (including phenoxy) is 2. The van der Waals surface area contributed by atoms with Gasteiger partial charge in [-0.25, -0.2) is 9.59 Å². The Morgan fingerprint density at radius 2 is 1.83 bits per heavy atom. The minimum Gasteiger partial charge on any atom is -0.489 e. The summed E-state index contributed by atoms with van der Waals surface area (Å²) in [5.41, 5.74) is 1.73. The molecule has 0 amide bonds. The molecule has 3 rings (SSSR count). The summed E-state index contributed by atoms with van der Waals surface area (Å²) in [6, 6.07) is 14.6. The zero-order chi connectivity index (χ0) is 17.1. The van der Waals surface area contributed by atoms with E-state index in [2.05, 4.69) is 4.74 Å². The highest BCUT2D eigenvalue weighted by molar-refractivity contribution is 5.92. The van der Waals surface area contributed by atoms with Crippen molar-refractivity contribution in [2.24, 2.45) is 0 Å². The van der Waals surface area contributed by atoms with Crippen LogP contribution in [0.3, 0.4) is 0 Å². The summed E-state index contributed by atoms with van der Waals surface area (Å²) in [5.74, 6) is -0.137. The molecule has 0 atom stereocenters. The zero-order valence-electron chi connectivity index (χ0n) is 13.4. The third kappa shape index (κ3) is 3.30. The Balaban J connectivity index is 1.84. The second-order valence-corrected chi connectivity index (χ2v) is 5.41. The number of benzene rings is 2. The first-order chi connectivity index (χ1) is 11.6. The molecular formula is C19H16O5. The van der Waals surface area contributed by atoms with Crippen molar-refractivity contribution < 1.29 is 18.7 Å². The summed E-state index contributed by atoms with van der Waals surface area (Å²) in [4.78, 5) is 23.4. The smallest absolute Gasteiger partial charge is 0.351 e. The number of esters is 1. The van der Waals surface area contributed by atoms with E-state index in [1.54, 1.807) is 18.2 Å². The minimum absolute atomic E-state index is 0.127. The summed E-state index contributed by atoms with van der Waals surface area (Å²) < 4.78 is 15.5. The third-order valence-corrected chi connectivity index (χ3v) is 3.64. The van der Waals surface area contributed by atoms with Crippen LogP contribution in [-0.2, 0) is 11.3 Å². The van der Waals surface area contributed by atoms with E-state index in [1.165, 1.54) is 18.7 Å². The molecule has 0 N–H and O–H groups in total. The molecule has 24 heavy (non-hydrogen) atoms. The van der Waals surface area contributed by atoms with Gasteiger partial charge in [-0.3, -0.25) is 0 Å². The Morgan fingerprint density at radius 1 is 1.08 bits per heavy atom. The van der Waals surface area contributed by atoms with Gasteiger partial charge in [0.05, 0.1) is 7.11 Å². The van der Waals surface area contributed by atoms with Crippen LogP contribution >= 0.6 is 0 Å². The number of hydrogen-bond acceptors (Lipinski definition) is 5. The molecule has 0 spiro atoms. The quantitative estimate of drug-likeness (QED) is 0.543. The highest BCUT2D eigenvalue weighted by Crippen LogP contribution is 2.21. The average Bonchev–Trinajstić information content (AvgIpc) is 2.59. The summed E-state index contributed by atoms with van der Waals surface area (Å²) in [5, 5.41) is 0.623. The van der Waals surface area contributed by atoms with Crippen LogP contribution in [0.1, 0.15) is 21.5 Å². The second kappa shape index (κ2) is 6.58. The van der Waals surface area contributed by atoms with Crippen LogP contribution in [0.25, 0.3) is 11.0 Å².